The zero-order valence-corrected chi connectivity index (χ0v) is 39.5. The number of carbonyl (C=O) groups excluding carboxylic acids is 2. The van der Waals surface area contributed by atoms with E-state index in [2.05, 4.69) is 56.4 Å². The monoisotopic (exact) mass is 913 g/mol. The smallest absolute Gasteiger partial charge is 0.462 e. The van der Waals surface area contributed by atoms with Gasteiger partial charge in [0.05, 0.1) is 6.61 Å². The molecule has 1 fully saturated rings. The van der Waals surface area contributed by atoms with E-state index in [1.165, 1.54) is 83.5 Å². The normalized spacial score (nSPS) is 22.2. The highest BCUT2D eigenvalue weighted by molar-refractivity contribution is 7.47. The van der Waals surface area contributed by atoms with Gasteiger partial charge in [0.1, 0.15) is 43.2 Å². The van der Waals surface area contributed by atoms with E-state index in [1.807, 2.05) is 18.2 Å². The summed E-state index contributed by atoms with van der Waals surface area (Å²) in [6.07, 6.45) is 34.2. The standard InChI is InChI=1S/C49H85O13P/c1-3-5-7-9-11-13-15-17-19-20-21-22-24-25-27-29-31-33-35-37-42(50)59-39-41(40-60-63(57,58)62-49-47(55)45(53)44(52)46(54)48(49)56)61-43(51)38-36-34-32-30-28-26-23-18-16-14-12-10-8-6-4-2/h11,13,17,19,21-22,25,27,31,33,41,44-49,52-56H,3-10,12,14-16,18,20,23-24,26,28-30,32,34-40H2,1-2H3,(H,57,58)/b13-11+,19-17+,22-21+,27-25+,33-31+/t41-,44?,45-,46?,47?,48?,49?/m0/s1. The first-order valence-electron chi connectivity index (χ1n) is 24.1. The SMILES string of the molecule is CCCCC/C=C/C/C=C/C/C=C/C/C=C/C/C=C/CCC(=O)OC[C@@H](COP(=O)(O)OC1C(O)C(O)C(O)[C@H](O)C1O)OC(=O)CCCCCCCCCCCCCCCCC. The van der Waals surface area contributed by atoms with Gasteiger partial charge in [0.15, 0.2) is 6.10 Å². The molecular weight excluding hydrogens is 827 g/mol. The van der Waals surface area contributed by atoms with Crippen LogP contribution in [0.2, 0.25) is 0 Å². The molecule has 1 saturated carbocycles. The van der Waals surface area contributed by atoms with E-state index in [1.54, 1.807) is 0 Å². The highest BCUT2D eigenvalue weighted by atomic mass is 31.2. The fourth-order valence-corrected chi connectivity index (χ4v) is 7.95. The van der Waals surface area contributed by atoms with E-state index < -0.39 is 75.7 Å². The van der Waals surface area contributed by atoms with Gasteiger partial charge < -0.3 is 39.9 Å². The first kappa shape index (κ1) is 58.6. The Morgan fingerprint density at radius 3 is 1.37 bits per heavy atom. The summed E-state index contributed by atoms with van der Waals surface area (Å²) < 4.78 is 33.5. The Morgan fingerprint density at radius 2 is 0.889 bits per heavy atom. The number of phosphoric acid groups is 1. The van der Waals surface area contributed by atoms with Gasteiger partial charge in [-0.3, -0.25) is 18.6 Å². The van der Waals surface area contributed by atoms with Crippen molar-refractivity contribution in [1.29, 1.82) is 0 Å². The van der Waals surface area contributed by atoms with Gasteiger partial charge in [-0.1, -0.05) is 177 Å². The molecule has 14 heteroatoms. The third-order valence-electron chi connectivity index (χ3n) is 10.9. The van der Waals surface area contributed by atoms with Gasteiger partial charge in [-0.05, 0) is 51.4 Å². The van der Waals surface area contributed by atoms with Crippen LogP contribution in [0.3, 0.4) is 0 Å². The number of allylic oxidation sites excluding steroid dienone is 10. The van der Waals surface area contributed by atoms with Crippen molar-refractivity contribution in [3.8, 4) is 0 Å². The summed E-state index contributed by atoms with van der Waals surface area (Å²) in [5.41, 5.74) is 0. The number of carbonyl (C=O) groups is 2. The number of hydrogen-bond acceptors (Lipinski definition) is 12. The first-order chi connectivity index (χ1) is 30.4. The van der Waals surface area contributed by atoms with Gasteiger partial charge in [0.2, 0.25) is 0 Å². The average molecular weight is 913 g/mol. The third kappa shape index (κ3) is 31.2. The Bertz CT molecular complexity index is 1330. The predicted octanol–water partition coefficient (Wildman–Crippen LogP) is 9.73. The van der Waals surface area contributed by atoms with Crippen molar-refractivity contribution in [1.82, 2.24) is 0 Å². The zero-order chi connectivity index (χ0) is 46.4. The van der Waals surface area contributed by atoms with E-state index >= 15 is 0 Å². The number of aliphatic hydroxyl groups excluding tert-OH is 5. The van der Waals surface area contributed by atoms with Crippen LogP contribution in [0.1, 0.15) is 181 Å². The van der Waals surface area contributed by atoms with Crippen LogP contribution in [0.25, 0.3) is 0 Å². The number of esters is 2. The van der Waals surface area contributed by atoms with Crippen molar-refractivity contribution in [2.45, 2.75) is 224 Å². The molecule has 0 radical (unpaired) electrons. The Morgan fingerprint density at radius 1 is 0.492 bits per heavy atom. The van der Waals surface area contributed by atoms with E-state index in [0.29, 0.717) is 19.3 Å². The molecule has 0 aromatic carbocycles. The largest absolute Gasteiger partial charge is 0.472 e. The lowest BCUT2D eigenvalue weighted by atomic mass is 9.85. The van der Waals surface area contributed by atoms with Crippen LogP contribution < -0.4 is 0 Å². The topological polar surface area (TPSA) is 210 Å². The molecule has 0 aromatic rings. The summed E-state index contributed by atoms with van der Waals surface area (Å²) in [7, 11) is -5.14. The second-order valence-electron chi connectivity index (χ2n) is 16.6. The van der Waals surface area contributed by atoms with Gasteiger partial charge in [0, 0.05) is 12.8 Å². The van der Waals surface area contributed by atoms with E-state index in [9.17, 15) is 44.6 Å². The Labute approximate surface area is 379 Å². The van der Waals surface area contributed by atoms with Gasteiger partial charge in [-0.25, -0.2) is 4.57 Å². The molecule has 0 spiro atoms. The highest BCUT2D eigenvalue weighted by Gasteiger charge is 2.51. The number of rotatable bonds is 39. The maximum Gasteiger partial charge on any atom is 0.472 e. The van der Waals surface area contributed by atoms with Crippen LogP contribution in [0.15, 0.2) is 60.8 Å². The summed E-state index contributed by atoms with van der Waals surface area (Å²) in [5, 5.41) is 50.2. The van der Waals surface area contributed by atoms with Crippen molar-refractivity contribution >= 4 is 19.8 Å². The minimum absolute atomic E-state index is 0.0430. The van der Waals surface area contributed by atoms with Gasteiger partial charge in [0.25, 0.3) is 0 Å². The molecule has 8 atom stereocenters. The molecule has 0 saturated heterocycles. The molecule has 0 heterocycles. The molecule has 0 amide bonds. The quantitative estimate of drug-likeness (QED) is 0.0147. The lowest BCUT2D eigenvalue weighted by Crippen LogP contribution is -2.64. The maximum atomic E-state index is 12.8. The molecule has 0 aromatic heterocycles. The summed E-state index contributed by atoms with van der Waals surface area (Å²) in [6.45, 7) is 3.21. The Hall–Kier alpha value is -2.45. The lowest BCUT2D eigenvalue weighted by molar-refractivity contribution is -0.220. The van der Waals surface area contributed by atoms with E-state index in [-0.39, 0.29) is 12.8 Å². The molecule has 13 nitrogen and oxygen atoms in total. The van der Waals surface area contributed by atoms with Crippen molar-refractivity contribution in [3.63, 3.8) is 0 Å². The van der Waals surface area contributed by atoms with Crippen LogP contribution in [-0.4, -0.2) is 98.3 Å². The third-order valence-corrected chi connectivity index (χ3v) is 11.9. The summed E-state index contributed by atoms with van der Waals surface area (Å²) in [4.78, 5) is 35.7. The number of aliphatic hydroxyl groups is 5. The van der Waals surface area contributed by atoms with E-state index in [0.717, 1.165) is 51.4 Å². The van der Waals surface area contributed by atoms with Gasteiger partial charge in [-0.2, -0.15) is 0 Å². The van der Waals surface area contributed by atoms with Crippen LogP contribution in [0.5, 0.6) is 0 Å². The second kappa shape index (κ2) is 38.8. The highest BCUT2D eigenvalue weighted by Crippen LogP contribution is 2.47. The molecule has 1 rings (SSSR count). The zero-order valence-electron chi connectivity index (χ0n) is 38.6. The average Bonchev–Trinajstić information content (AvgIpc) is 3.26. The van der Waals surface area contributed by atoms with E-state index in [4.69, 9.17) is 18.5 Å². The molecule has 63 heavy (non-hydrogen) atoms. The summed E-state index contributed by atoms with van der Waals surface area (Å²) in [5.74, 6) is -1.19. The molecular formula is C49H85O13P. The fraction of sp³-hybridized carbons (Fsp3) is 0.755. The predicted molar refractivity (Wildman–Crippen MR) is 249 cm³/mol. The van der Waals surface area contributed by atoms with Crippen molar-refractivity contribution < 1.29 is 63.1 Å². The van der Waals surface area contributed by atoms with Crippen LogP contribution >= 0.6 is 7.82 Å². The maximum absolute atomic E-state index is 12.8. The fourth-order valence-electron chi connectivity index (χ4n) is 6.98. The molecule has 6 N–H and O–H groups in total. The minimum atomic E-state index is -5.14. The summed E-state index contributed by atoms with van der Waals surface area (Å²) >= 11 is 0. The van der Waals surface area contributed by atoms with Crippen molar-refractivity contribution in [3.05, 3.63) is 60.8 Å². The number of unbranched alkanes of at least 4 members (excludes halogenated alkanes) is 17. The Kier molecular flexibility index (Phi) is 36.1. The molecule has 0 bridgehead atoms. The first-order valence-corrected chi connectivity index (χ1v) is 25.6. The molecule has 6 unspecified atom stereocenters. The Balaban J connectivity index is 2.49. The molecule has 1 aliphatic rings. The van der Waals surface area contributed by atoms with Crippen molar-refractivity contribution in [2.75, 3.05) is 13.2 Å². The van der Waals surface area contributed by atoms with Crippen LogP contribution in [-0.2, 0) is 32.7 Å². The molecule has 364 valence electrons. The lowest BCUT2D eigenvalue weighted by Gasteiger charge is -2.41. The molecule has 1 aliphatic carbocycles. The number of phosphoric ester groups is 1. The van der Waals surface area contributed by atoms with Crippen LogP contribution in [0.4, 0.5) is 0 Å². The van der Waals surface area contributed by atoms with Gasteiger partial charge >= 0.3 is 19.8 Å². The second-order valence-corrected chi connectivity index (χ2v) is 18.0. The minimum Gasteiger partial charge on any atom is -0.462 e. The summed E-state index contributed by atoms with van der Waals surface area (Å²) in [6, 6.07) is 0. The number of ether oxygens (including phenoxy) is 2. The number of hydrogen-bond donors (Lipinski definition) is 6. The van der Waals surface area contributed by atoms with Crippen LogP contribution in [0, 0.1) is 0 Å². The molecule has 0 aliphatic heterocycles. The van der Waals surface area contributed by atoms with Gasteiger partial charge in [-0.15, -0.1) is 0 Å². The van der Waals surface area contributed by atoms with Crippen molar-refractivity contribution in [2.24, 2.45) is 0 Å².